The summed E-state index contributed by atoms with van der Waals surface area (Å²) < 4.78 is 5.90. The number of likely N-dealkylation sites (tertiary alicyclic amines) is 1. The van der Waals surface area contributed by atoms with Crippen LogP contribution >= 0.6 is 11.6 Å². The Morgan fingerprint density at radius 1 is 1.21 bits per heavy atom. The number of nitrogens with one attached hydrogen (secondary N) is 1. The zero-order valence-corrected chi connectivity index (χ0v) is 16.9. The van der Waals surface area contributed by atoms with E-state index in [1.807, 2.05) is 25.1 Å². The molecule has 5 nitrogen and oxygen atoms in total. The van der Waals surface area contributed by atoms with Gasteiger partial charge in [-0.3, -0.25) is 4.90 Å². The normalized spacial score (nSPS) is 21.0. The minimum absolute atomic E-state index is 0.268. The van der Waals surface area contributed by atoms with Crippen molar-refractivity contribution in [3.63, 3.8) is 0 Å². The SMILES string of the molecule is Cc1ccc(Cl)c(OC[C@]2(O)CCCN(Cc3ccc4nc[nH]c4c3)CC2)c1. The van der Waals surface area contributed by atoms with E-state index < -0.39 is 5.60 Å². The van der Waals surface area contributed by atoms with E-state index in [2.05, 4.69) is 33.1 Å². The number of hydrogen-bond acceptors (Lipinski definition) is 4. The number of imidazole rings is 1. The number of aromatic nitrogens is 2. The molecule has 0 spiro atoms. The van der Waals surface area contributed by atoms with Crippen LogP contribution in [0.25, 0.3) is 11.0 Å². The zero-order chi connectivity index (χ0) is 19.6. The highest BCUT2D eigenvalue weighted by Crippen LogP contribution is 2.29. The largest absolute Gasteiger partial charge is 0.489 e. The van der Waals surface area contributed by atoms with Crippen molar-refractivity contribution < 1.29 is 9.84 Å². The Morgan fingerprint density at radius 2 is 2.11 bits per heavy atom. The smallest absolute Gasteiger partial charge is 0.138 e. The van der Waals surface area contributed by atoms with Crippen molar-refractivity contribution in [2.24, 2.45) is 0 Å². The molecular weight excluding hydrogens is 374 g/mol. The molecule has 0 aliphatic carbocycles. The van der Waals surface area contributed by atoms with Gasteiger partial charge in [-0.05, 0) is 68.1 Å². The third-order valence-corrected chi connectivity index (χ3v) is 5.80. The quantitative estimate of drug-likeness (QED) is 0.670. The summed E-state index contributed by atoms with van der Waals surface area (Å²) in [5, 5.41) is 11.6. The summed E-state index contributed by atoms with van der Waals surface area (Å²) in [5.41, 5.74) is 3.57. The molecule has 148 valence electrons. The number of H-pyrrole nitrogens is 1. The molecule has 1 aliphatic rings. The maximum atomic E-state index is 11.1. The van der Waals surface area contributed by atoms with Crippen LogP contribution in [0, 0.1) is 6.92 Å². The monoisotopic (exact) mass is 399 g/mol. The third kappa shape index (κ3) is 4.49. The van der Waals surface area contributed by atoms with E-state index in [-0.39, 0.29) is 6.61 Å². The first-order chi connectivity index (χ1) is 13.5. The molecule has 1 aromatic heterocycles. The Hall–Kier alpha value is -2.08. The lowest BCUT2D eigenvalue weighted by Gasteiger charge is -2.27. The number of benzene rings is 2. The molecule has 4 rings (SSSR count). The summed E-state index contributed by atoms with van der Waals surface area (Å²) in [7, 11) is 0. The number of aryl methyl sites for hydroxylation is 1. The van der Waals surface area contributed by atoms with Gasteiger partial charge in [-0.2, -0.15) is 0 Å². The topological polar surface area (TPSA) is 61.4 Å². The van der Waals surface area contributed by atoms with Crippen molar-refractivity contribution in [3.05, 3.63) is 58.9 Å². The number of halogens is 1. The number of fused-ring (bicyclic) bond motifs is 1. The van der Waals surface area contributed by atoms with E-state index in [1.165, 1.54) is 5.56 Å². The molecule has 1 atom stereocenters. The molecule has 1 saturated heterocycles. The van der Waals surface area contributed by atoms with Crippen molar-refractivity contribution in [2.75, 3.05) is 19.7 Å². The average molecular weight is 400 g/mol. The van der Waals surface area contributed by atoms with Crippen molar-refractivity contribution >= 4 is 22.6 Å². The first-order valence-corrected chi connectivity index (χ1v) is 10.1. The molecular formula is C22H26ClN3O2. The van der Waals surface area contributed by atoms with Gasteiger partial charge in [0.1, 0.15) is 12.4 Å². The molecule has 2 heterocycles. The summed E-state index contributed by atoms with van der Waals surface area (Å²) in [5.74, 6) is 0.643. The van der Waals surface area contributed by atoms with Gasteiger partial charge in [-0.25, -0.2) is 4.98 Å². The summed E-state index contributed by atoms with van der Waals surface area (Å²) in [6.07, 6.45) is 4.07. The third-order valence-electron chi connectivity index (χ3n) is 5.48. The zero-order valence-electron chi connectivity index (χ0n) is 16.1. The number of aromatic amines is 1. The second-order valence-electron chi connectivity index (χ2n) is 7.83. The second-order valence-corrected chi connectivity index (χ2v) is 8.24. The van der Waals surface area contributed by atoms with Crippen molar-refractivity contribution in [2.45, 2.75) is 38.3 Å². The highest BCUT2D eigenvalue weighted by atomic mass is 35.5. The molecule has 1 aliphatic heterocycles. The van der Waals surface area contributed by atoms with Crippen LogP contribution in [0.4, 0.5) is 0 Å². The van der Waals surface area contributed by atoms with Gasteiger partial charge in [0, 0.05) is 13.1 Å². The minimum Gasteiger partial charge on any atom is -0.489 e. The van der Waals surface area contributed by atoms with Gasteiger partial charge in [0.05, 0.1) is 28.0 Å². The van der Waals surface area contributed by atoms with Crippen LogP contribution < -0.4 is 4.74 Å². The van der Waals surface area contributed by atoms with Crippen molar-refractivity contribution in [1.82, 2.24) is 14.9 Å². The molecule has 0 saturated carbocycles. The van der Waals surface area contributed by atoms with Gasteiger partial charge in [0.2, 0.25) is 0 Å². The lowest BCUT2D eigenvalue weighted by Crippen LogP contribution is -2.37. The standard InChI is InChI=1S/C22H26ClN3O2/c1-16-3-5-18(23)21(11-16)28-14-22(27)7-2-9-26(10-8-22)13-17-4-6-19-20(12-17)25-15-24-19/h3-6,11-12,15,27H,2,7-10,13-14H2,1H3,(H,24,25)/t22-/m0/s1. The summed E-state index contributed by atoms with van der Waals surface area (Å²) in [4.78, 5) is 9.84. The molecule has 0 radical (unpaired) electrons. The Morgan fingerprint density at radius 3 is 3.00 bits per heavy atom. The van der Waals surface area contributed by atoms with E-state index >= 15 is 0 Å². The number of nitrogens with zero attached hydrogens (tertiary/aromatic N) is 2. The first-order valence-electron chi connectivity index (χ1n) is 9.76. The Labute approximate surface area is 170 Å². The van der Waals surface area contributed by atoms with Crippen LogP contribution in [0.5, 0.6) is 5.75 Å². The van der Waals surface area contributed by atoms with Gasteiger partial charge >= 0.3 is 0 Å². The van der Waals surface area contributed by atoms with E-state index in [9.17, 15) is 5.11 Å². The van der Waals surface area contributed by atoms with Crippen molar-refractivity contribution in [1.29, 1.82) is 0 Å². The molecule has 1 fully saturated rings. The Bertz CT molecular complexity index is 958. The number of ether oxygens (including phenoxy) is 1. The van der Waals surface area contributed by atoms with Gasteiger partial charge in [-0.1, -0.05) is 23.7 Å². The molecule has 2 N–H and O–H groups in total. The maximum absolute atomic E-state index is 11.1. The molecule has 3 aromatic rings. The van der Waals surface area contributed by atoms with Gasteiger partial charge < -0.3 is 14.8 Å². The predicted octanol–water partition coefficient (Wildman–Crippen LogP) is 4.32. The van der Waals surface area contributed by atoms with Gasteiger partial charge in [-0.15, -0.1) is 0 Å². The number of hydrogen-bond donors (Lipinski definition) is 2. The Kier molecular flexibility index (Phi) is 5.58. The summed E-state index contributed by atoms with van der Waals surface area (Å²) in [6.45, 7) is 4.94. The fraction of sp³-hybridized carbons (Fsp3) is 0.409. The minimum atomic E-state index is -0.824. The molecule has 28 heavy (non-hydrogen) atoms. The van der Waals surface area contributed by atoms with Gasteiger partial charge in [0.15, 0.2) is 0 Å². The first kappa shape index (κ1) is 19.2. The maximum Gasteiger partial charge on any atom is 0.138 e. The van der Waals surface area contributed by atoms with Gasteiger partial charge in [0.25, 0.3) is 0 Å². The molecule has 0 bridgehead atoms. The molecule has 2 aromatic carbocycles. The molecule has 0 amide bonds. The lowest BCUT2D eigenvalue weighted by molar-refractivity contribution is -0.0168. The Balaban J connectivity index is 1.36. The van der Waals surface area contributed by atoms with Crippen molar-refractivity contribution in [3.8, 4) is 5.75 Å². The van der Waals surface area contributed by atoms with Crippen LogP contribution in [0.1, 0.15) is 30.4 Å². The summed E-state index contributed by atoms with van der Waals surface area (Å²) in [6, 6.07) is 12.0. The summed E-state index contributed by atoms with van der Waals surface area (Å²) >= 11 is 6.22. The van der Waals surface area contributed by atoms with E-state index in [4.69, 9.17) is 16.3 Å². The van der Waals surface area contributed by atoms with E-state index in [1.54, 1.807) is 6.33 Å². The second kappa shape index (κ2) is 8.11. The highest BCUT2D eigenvalue weighted by molar-refractivity contribution is 6.32. The fourth-order valence-corrected chi connectivity index (χ4v) is 3.98. The molecule has 6 heteroatoms. The van der Waals surface area contributed by atoms with Crippen LogP contribution in [0.2, 0.25) is 5.02 Å². The number of aliphatic hydroxyl groups is 1. The number of rotatable bonds is 5. The highest BCUT2D eigenvalue weighted by Gasteiger charge is 2.31. The average Bonchev–Trinajstić information content (AvgIpc) is 3.07. The van der Waals surface area contributed by atoms with E-state index in [0.29, 0.717) is 17.2 Å². The van der Waals surface area contributed by atoms with Crippen LogP contribution in [-0.2, 0) is 6.54 Å². The van der Waals surface area contributed by atoms with Crippen LogP contribution in [0.3, 0.4) is 0 Å². The van der Waals surface area contributed by atoms with Crippen LogP contribution in [0.15, 0.2) is 42.7 Å². The molecule has 0 unspecified atom stereocenters. The predicted molar refractivity (Wildman–Crippen MR) is 112 cm³/mol. The van der Waals surface area contributed by atoms with Crippen LogP contribution in [-0.4, -0.2) is 45.3 Å². The van der Waals surface area contributed by atoms with E-state index in [0.717, 1.165) is 49.1 Å². The fourth-order valence-electron chi connectivity index (χ4n) is 3.81. The lowest BCUT2D eigenvalue weighted by atomic mass is 9.96.